The Bertz CT molecular complexity index is 675. The van der Waals surface area contributed by atoms with Gasteiger partial charge in [-0.15, -0.1) is 0 Å². The summed E-state index contributed by atoms with van der Waals surface area (Å²) in [5.41, 5.74) is -0.447. The lowest BCUT2D eigenvalue weighted by atomic mass is 9.97. The normalized spacial score (nSPS) is 21.6. The number of nitrogens with zero attached hydrogens (tertiary/aromatic N) is 1. The average Bonchev–Trinajstić information content (AvgIpc) is 2.71. The highest BCUT2D eigenvalue weighted by Crippen LogP contribution is 2.39. The third-order valence-electron chi connectivity index (χ3n) is 4.24. The lowest BCUT2D eigenvalue weighted by molar-refractivity contribution is -0.136. The van der Waals surface area contributed by atoms with Crippen molar-refractivity contribution in [1.29, 1.82) is 0 Å². The van der Waals surface area contributed by atoms with E-state index < -0.39 is 23.3 Å². The van der Waals surface area contributed by atoms with Crippen LogP contribution in [0.3, 0.4) is 0 Å². The Kier molecular flexibility index (Phi) is 4.72. The Morgan fingerprint density at radius 3 is 2.00 bits per heavy atom. The number of hydrogen-bond acceptors (Lipinski definition) is 7. The topological polar surface area (TPSA) is 107 Å². The molecule has 9 nitrogen and oxygen atoms in total. The Balaban J connectivity index is 2.34. The summed E-state index contributed by atoms with van der Waals surface area (Å²) in [5.74, 6) is 0.232. The molecule has 1 aromatic carbocycles. The van der Waals surface area contributed by atoms with Crippen LogP contribution in [0.2, 0.25) is 0 Å². The fraction of sp³-hybridized carbons (Fsp3) is 0.500. The van der Waals surface area contributed by atoms with Gasteiger partial charge in [0, 0.05) is 5.56 Å². The lowest BCUT2D eigenvalue weighted by Gasteiger charge is -2.34. The minimum absolute atomic E-state index is 0.141. The van der Waals surface area contributed by atoms with Gasteiger partial charge in [0.15, 0.2) is 22.8 Å². The highest BCUT2D eigenvalue weighted by molar-refractivity contribution is 5.96. The molecule has 2 rings (SSSR count). The molecule has 2 N–H and O–H groups in total. The number of cyclic esters (lactones) is 1. The molecular formula is C16H22N2O7. The van der Waals surface area contributed by atoms with E-state index in [0.29, 0.717) is 5.75 Å². The van der Waals surface area contributed by atoms with Crippen LogP contribution >= 0.6 is 0 Å². The van der Waals surface area contributed by atoms with E-state index in [1.165, 1.54) is 54.2 Å². The monoisotopic (exact) mass is 354 g/mol. The van der Waals surface area contributed by atoms with Crippen molar-refractivity contribution in [1.82, 2.24) is 10.4 Å². The third-order valence-corrected chi connectivity index (χ3v) is 4.24. The van der Waals surface area contributed by atoms with E-state index >= 15 is 0 Å². The zero-order chi connectivity index (χ0) is 19.0. The van der Waals surface area contributed by atoms with E-state index in [9.17, 15) is 14.7 Å². The van der Waals surface area contributed by atoms with Crippen molar-refractivity contribution in [3.8, 4) is 17.2 Å². The van der Waals surface area contributed by atoms with Gasteiger partial charge in [-0.05, 0) is 32.9 Å². The number of carbonyl (C=O) groups excluding carboxylic acids is 2. The Morgan fingerprint density at radius 1 is 1.12 bits per heavy atom. The maximum absolute atomic E-state index is 12.6. The molecule has 1 aliphatic rings. The van der Waals surface area contributed by atoms with Crippen LogP contribution in [0.15, 0.2) is 12.1 Å². The van der Waals surface area contributed by atoms with Crippen LogP contribution in [0.1, 0.15) is 31.1 Å². The van der Waals surface area contributed by atoms with Crippen LogP contribution in [-0.2, 0) is 4.74 Å². The minimum atomic E-state index is -1.74. The summed E-state index contributed by atoms with van der Waals surface area (Å²) in [4.78, 5) is 24.5. The van der Waals surface area contributed by atoms with E-state index in [0.717, 1.165) is 5.01 Å². The number of hydrazine groups is 1. The SMILES string of the molecule is COc1cc(C(=O)NN2C(=O)OC(C)(C)[C@]2(C)O)cc(OC)c1OC. The standard InChI is InChI=1S/C16H22N2O7/c1-15(2)16(3,21)18(14(20)25-15)17-13(19)9-7-10(22-4)12(24-6)11(8-9)23-5/h7-8,21H,1-6H3,(H,17,19)/t16-/m0/s1. The average molecular weight is 354 g/mol. The minimum Gasteiger partial charge on any atom is -0.493 e. The molecule has 2 amide bonds. The van der Waals surface area contributed by atoms with Crippen LogP contribution in [0.25, 0.3) is 0 Å². The van der Waals surface area contributed by atoms with Gasteiger partial charge in [-0.25, -0.2) is 4.79 Å². The molecule has 0 saturated carbocycles. The Labute approximate surface area is 145 Å². The largest absolute Gasteiger partial charge is 0.493 e. The van der Waals surface area contributed by atoms with Crippen molar-refractivity contribution in [3.63, 3.8) is 0 Å². The van der Waals surface area contributed by atoms with Crippen LogP contribution in [-0.4, -0.2) is 54.8 Å². The van der Waals surface area contributed by atoms with Gasteiger partial charge < -0.3 is 24.1 Å². The lowest BCUT2D eigenvalue weighted by Crippen LogP contribution is -2.59. The first-order valence-corrected chi connectivity index (χ1v) is 7.45. The fourth-order valence-corrected chi connectivity index (χ4v) is 2.34. The predicted octanol–water partition coefficient (Wildman–Crippen LogP) is 1.30. The predicted molar refractivity (Wildman–Crippen MR) is 86.6 cm³/mol. The number of rotatable bonds is 5. The van der Waals surface area contributed by atoms with Gasteiger partial charge in [-0.1, -0.05) is 0 Å². The summed E-state index contributed by atoms with van der Waals surface area (Å²) in [5, 5.41) is 11.3. The van der Waals surface area contributed by atoms with Gasteiger partial charge in [0.1, 0.15) is 0 Å². The molecule has 0 bridgehead atoms. The maximum Gasteiger partial charge on any atom is 0.432 e. The van der Waals surface area contributed by atoms with Crippen LogP contribution in [0.5, 0.6) is 17.2 Å². The van der Waals surface area contributed by atoms with Crippen LogP contribution < -0.4 is 19.6 Å². The van der Waals surface area contributed by atoms with Gasteiger partial charge in [0.25, 0.3) is 5.91 Å². The zero-order valence-corrected chi connectivity index (χ0v) is 15.0. The van der Waals surface area contributed by atoms with Gasteiger partial charge in [-0.2, -0.15) is 5.01 Å². The van der Waals surface area contributed by atoms with Crippen molar-refractivity contribution < 1.29 is 33.6 Å². The van der Waals surface area contributed by atoms with Crippen molar-refractivity contribution in [3.05, 3.63) is 17.7 Å². The molecule has 1 aromatic rings. The molecular weight excluding hydrogens is 332 g/mol. The molecule has 0 aliphatic carbocycles. The first-order valence-electron chi connectivity index (χ1n) is 7.45. The van der Waals surface area contributed by atoms with Gasteiger partial charge in [0.2, 0.25) is 5.75 Å². The number of hydrogen-bond donors (Lipinski definition) is 2. The summed E-state index contributed by atoms with van der Waals surface area (Å²) in [6.07, 6.45) is -0.865. The molecule has 9 heteroatoms. The molecule has 0 radical (unpaired) electrons. The molecule has 1 atom stereocenters. The van der Waals surface area contributed by atoms with Crippen LogP contribution in [0.4, 0.5) is 4.79 Å². The van der Waals surface area contributed by atoms with Crippen LogP contribution in [0, 0.1) is 0 Å². The fourth-order valence-electron chi connectivity index (χ4n) is 2.34. The van der Waals surface area contributed by atoms with Crippen molar-refractivity contribution in [2.45, 2.75) is 32.1 Å². The summed E-state index contributed by atoms with van der Waals surface area (Å²) in [6, 6.07) is 2.86. The zero-order valence-electron chi connectivity index (χ0n) is 15.0. The molecule has 0 aromatic heterocycles. The number of ether oxygens (including phenoxy) is 4. The quantitative estimate of drug-likeness (QED) is 0.821. The number of aliphatic hydroxyl groups is 1. The van der Waals surface area contributed by atoms with Crippen molar-refractivity contribution in [2.24, 2.45) is 0 Å². The molecule has 0 spiro atoms. The van der Waals surface area contributed by atoms with E-state index in [-0.39, 0.29) is 17.1 Å². The summed E-state index contributed by atoms with van der Waals surface area (Å²) >= 11 is 0. The number of amides is 2. The summed E-state index contributed by atoms with van der Waals surface area (Å²) < 4.78 is 20.7. The Morgan fingerprint density at radius 2 is 1.64 bits per heavy atom. The molecule has 1 aliphatic heterocycles. The second kappa shape index (κ2) is 6.32. The highest BCUT2D eigenvalue weighted by Gasteiger charge is 2.57. The number of benzene rings is 1. The second-order valence-corrected chi connectivity index (χ2v) is 6.09. The van der Waals surface area contributed by atoms with E-state index in [4.69, 9.17) is 18.9 Å². The molecule has 1 fully saturated rings. The second-order valence-electron chi connectivity index (χ2n) is 6.09. The molecule has 0 unspecified atom stereocenters. The third kappa shape index (κ3) is 3.02. The number of nitrogens with one attached hydrogen (secondary N) is 1. The maximum atomic E-state index is 12.6. The summed E-state index contributed by atoms with van der Waals surface area (Å²) in [7, 11) is 4.29. The number of carbonyl (C=O) groups is 2. The smallest absolute Gasteiger partial charge is 0.432 e. The van der Waals surface area contributed by atoms with Gasteiger partial charge >= 0.3 is 6.09 Å². The van der Waals surface area contributed by atoms with Crippen molar-refractivity contribution >= 4 is 12.0 Å². The van der Waals surface area contributed by atoms with Gasteiger partial charge in [-0.3, -0.25) is 10.2 Å². The first-order chi connectivity index (χ1) is 11.6. The van der Waals surface area contributed by atoms with E-state index in [2.05, 4.69) is 5.43 Å². The highest BCUT2D eigenvalue weighted by atomic mass is 16.6. The molecule has 25 heavy (non-hydrogen) atoms. The number of methoxy groups -OCH3 is 3. The van der Waals surface area contributed by atoms with E-state index in [1.54, 1.807) is 0 Å². The first kappa shape index (κ1) is 18.7. The summed E-state index contributed by atoms with van der Waals surface area (Å²) in [6.45, 7) is 4.44. The Hall–Kier alpha value is -2.68. The van der Waals surface area contributed by atoms with E-state index in [1.807, 2.05) is 0 Å². The molecule has 1 heterocycles. The molecule has 1 saturated heterocycles. The van der Waals surface area contributed by atoms with Crippen molar-refractivity contribution in [2.75, 3.05) is 21.3 Å². The van der Waals surface area contributed by atoms with Gasteiger partial charge in [0.05, 0.1) is 21.3 Å². The molecule has 138 valence electrons.